The van der Waals surface area contributed by atoms with Crippen LogP contribution in [0.3, 0.4) is 0 Å². The molecular formula is C11H20N4. The fourth-order valence-corrected chi connectivity index (χ4v) is 2.21. The summed E-state index contributed by atoms with van der Waals surface area (Å²) in [5, 5.41) is 8.50. The van der Waals surface area contributed by atoms with Gasteiger partial charge in [0.2, 0.25) is 0 Å². The van der Waals surface area contributed by atoms with E-state index >= 15 is 0 Å². The second-order valence-corrected chi connectivity index (χ2v) is 4.90. The third kappa shape index (κ3) is 2.20. The Bertz CT molecular complexity index is 329. The molecule has 2 rings (SSSR count). The third-order valence-corrected chi connectivity index (χ3v) is 3.06. The average Bonchev–Trinajstić information content (AvgIpc) is 2.60. The van der Waals surface area contributed by atoms with Crippen LogP contribution in [0.4, 0.5) is 0 Å². The van der Waals surface area contributed by atoms with Crippen molar-refractivity contribution in [3.8, 4) is 0 Å². The lowest BCUT2D eigenvalue weighted by Gasteiger charge is -2.20. The Morgan fingerprint density at radius 2 is 2.33 bits per heavy atom. The summed E-state index contributed by atoms with van der Waals surface area (Å²) in [4.78, 5) is 0. The standard InChI is InChI=1S/C11H20N4/c1-8(2)7-15-11-4-3-9(6-12)5-10(11)13-14-15/h8-9H,3-7,12H2,1-2H3. The number of hydrogen-bond donors (Lipinski definition) is 1. The van der Waals surface area contributed by atoms with Crippen LogP contribution in [-0.4, -0.2) is 21.5 Å². The Morgan fingerprint density at radius 3 is 3.00 bits per heavy atom. The van der Waals surface area contributed by atoms with Crippen molar-refractivity contribution in [2.45, 2.75) is 39.7 Å². The van der Waals surface area contributed by atoms with Crippen LogP contribution < -0.4 is 5.73 Å². The van der Waals surface area contributed by atoms with E-state index in [1.165, 1.54) is 17.8 Å². The minimum Gasteiger partial charge on any atom is -0.330 e. The Morgan fingerprint density at radius 1 is 1.53 bits per heavy atom. The van der Waals surface area contributed by atoms with Gasteiger partial charge in [0.15, 0.2) is 0 Å². The van der Waals surface area contributed by atoms with Gasteiger partial charge in [0.1, 0.15) is 0 Å². The highest BCUT2D eigenvalue weighted by molar-refractivity contribution is 5.14. The SMILES string of the molecule is CC(C)Cn1nnc2c1CCC(CN)C2. The van der Waals surface area contributed by atoms with Crippen LogP contribution in [-0.2, 0) is 19.4 Å². The van der Waals surface area contributed by atoms with Gasteiger partial charge in [-0.15, -0.1) is 5.10 Å². The molecule has 1 unspecified atom stereocenters. The zero-order chi connectivity index (χ0) is 10.8. The maximum absolute atomic E-state index is 5.69. The molecule has 0 radical (unpaired) electrons. The number of hydrogen-bond acceptors (Lipinski definition) is 3. The van der Waals surface area contributed by atoms with Crippen LogP contribution in [0.15, 0.2) is 0 Å². The van der Waals surface area contributed by atoms with Gasteiger partial charge in [-0.3, -0.25) is 0 Å². The van der Waals surface area contributed by atoms with Gasteiger partial charge in [0.05, 0.1) is 11.4 Å². The van der Waals surface area contributed by atoms with Crippen LogP contribution in [0.5, 0.6) is 0 Å². The van der Waals surface area contributed by atoms with Crippen molar-refractivity contribution in [2.75, 3.05) is 6.54 Å². The molecule has 0 spiro atoms. The highest BCUT2D eigenvalue weighted by atomic mass is 15.4. The Kier molecular flexibility index (Phi) is 3.05. The first-order valence-electron chi connectivity index (χ1n) is 5.82. The second-order valence-electron chi connectivity index (χ2n) is 4.90. The number of nitrogens with zero attached hydrogens (tertiary/aromatic N) is 3. The van der Waals surface area contributed by atoms with E-state index in [2.05, 4.69) is 28.8 Å². The molecule has 4 heteroatoms. The van der Waals surface area contributed by atoms with Crippen molar-refractivity contribution < 1.29 is 0 Å². The van der Waals surface area contributed by atoms with Crippen LogP contribution in [0.25, 0.3) is 0 Å². The summed E-state index contributed by atoms with van der Waals surface area (Å²) in [5.74, 6) is 1.24. The van der Waals surface area contributed by atoms with Gasteiger partial charge < -0.3 is 5.73 Å². The molecule has 1 aromatic heterocycles. The van der Waals surface area contributed by atoms with Gasteiger partial charge in [-0.2, -0.15) is 0 Å². The summed E-state index contributed by atoms with van der Waals surface area (Å²) in [6, 6.07) is 0. The second kappa shape index (κ2) is 4.31. The normalized spacial score (nSPS) is 20.7. The molecule has 84 valence electrons. The van der Waals surface area contributed by atoms with Crippen molar-refractivity contribution in [3.63, 3.8) is 0 Å². The summed E-state index contributed by atoms with van der Waals surface area (Å²) in [7, 11) is 0. The minimum atomic E-state index is 0.613. The average molecular weight is 208 g/mol. The molecule has 2 N–H and O–H groups in total. The lowest BCUT2D eigenvalue weighted by molar-refractivity contribution is 0.426. The van der Waals surface area contributed by atoms with E-state index in [0.29, 0.717) is 11.8 Å². The molecular weight excluding hydrogens is 188 g/mol. The molecule has 1 aliphatic carbocycles. The van der Waals surface area contributed by atoms with Crippen LogP contribution in [0.2, 0.25) is 0 Å². The maximum Gasteiger partial charge on any atom is 0.0862 e. The largest absolute Gasteiger partial charge is 0.330 e. The van der Waals surface area contributed by atoms with Crippen molar-refractivity contribution in [3.05, 3.63) is 11.4 Å². The fraction of sp³-hybridized carbons (Fsp3) is 0.818. The molecule has 0 fully saturated rings. The van der Waals surface area contributed by atoms with Gasteiger partial charge in [-0.1, -0.05) is 19.1 Å². The summed E-state index contributed by atoms with van der Waals surface area (Å²) < 4.78 is 2.08. The lowest BCUT2D eigenvalue weighted by Crippen LogP contribution is -2.23. The number of nitrogens with two attached hydrogens (primary N) is 1. The topological polar surface area (TPSA) is 56.7 Å². The van der Waals surface area contributed by atoms with Gasteiger partial charge in [0, 0.05) is 6.54 Å². The fourth-order valence-electron chi connectivity index (χ4n) is 2.21. The molecule has 0 saturated heterocycles. The van der Waals surface area contributed by atoms with Gasteiger partial charge in [-0.25, -0.2) is 4.68 Å². The summed E-state index contributed by atoms with van der Waals surface area (Å²) >= 11 is 0. The maximum atomic E-state index is 5.69. The lowest BCUT2D eigenvalue weighted by atomic mass is 9.90. The molecule has 0 aliphatic heterocycles. The molecule has 0 aromatic carbocycles. The highest BCUT2D eigenvalue weighted by Crippen LogP contribution is 2.23. The zero-order valence-corrected chi connectivity index (χ0v) is 9.61. The first-order chi connectivity index (χ1) is 7.20. The zero-order valence-electron chi connectivity index (χ0n) is 9.61. The quantitative estimate of drug-likeness (QED) is 0.806. The molecule has 4 nitrogen and oxygen atoms in total. The Balaban J connectivity index is 2.15. The van der Waals surface area contributed by atoms with E-state index in [1.54, 1.807) is 0 Å². The van der Waals surface area contributed by atoms with Gasteiger partial charge >= 0.3 is 0 Å². The third-order valence-electron chi connectivity index (χ3n) is 3.06. The molecule has 1 heterocycles. The molecule has 0 amide bonds. The van der Waals surface area contributed by atoms with Crippen LogP contribution in [0.1, 0.15) is 31.7 Å². The van der Waals surface area contributed by atoms with E-state index < -0.39 is 0 Å². The van der Waals surface area contributed by atoms with Crippen molar-refractivity contribution in [2.24, 2.45) is 17.6 Å². The monoisotopic (exact) mass is 208 g/mol. The molecule has 1 aromatic rings. The molecule has 1 aliphatic rings. The first-order valence-corrected chi connectivity index (χ1v) is 5.82. The van der Waals surface area contributed by atoms with E-state index in [9.17, 15) is 0 Å². The summed E-state index contributed by atoms with van der Waals surface area (Å²) in [6.07, 6.45) is 3.30. The summed E-state index contributed by atoms with van der Waals surface area (Å²) in [6.45, 7) is 6.17. The highest BCUT2D eigenvalue weighted by Gasteiger charge is 2.22. The minimum absolute atomic E-state index is 0.613. The van der Waals surface area contributed by atoms with E-state index in [4.69, 9.17) is 5.73 Å². The Labute approximate surface area is 90.8 Å². The van der Waals surface area contributed by atoms with Crippen molar-refractivity contribution in [1.29, 1.82) is 0 Å². The first kappa shape index (κ1) is 10.6. The van der Waals surface area contributed by atoms with Crippen LogP contribution >= 0.6 is 0 Å². The number of fused-ring (bicyclic) bond motifs is 1. The predicted molar refractivity (Wildman–Crippen MR) is 59.4 cm³/mol. The van der Waals surface area contributed by atoms with Gasteiger partial charge in [0.25, 0.3) is 0 Å². The van der Waals surface area contributed by atoms with Crippen molar-refractivity contribution in [1.82, 2.24) is 15.0 Å². The van der Waals surface area contributed by atoms with E-state index in [0.717, 1.165) is 25.9 Å². The predicted octanol–water partition coefficient (Wildman–Crippen LogP) is 0.998. The van der Waals surface area contributed by atoms with E-state index in [1.807, 2.05) is 0 Å². The molecule has 1 atom stereocenters. The Hall–Kier alpha value is -0.900. The smallest absolute Gasteiger partial charge is 0.0862 e. The molecule has 0 bridgehead atoms. The number of rotatable bonds is 3. The van der Waals surface area contributed by atoms with Gasteiger partial charge in [-0.05, 0) is 37.6 Å². The van der Waals surface area contributed by atoms with Crippen LogP contribution in [0, 0.1) is 11.8 Å². The molecule has 15 heavy (non-hydrogen) atoms. The molecule has 0 saturated carbocycles. The van der Waals surface area contributed by atoms with E-state index in [-0.39, 0.29) is 0 Å². The number of aromatic nitrogens is 3. The van der Waals surface area contributed by atoms with Crippen molar-refractivity contribution >= 4 is 0 Å². The summed E-state index contributed by atoms with van der Waals surface area (Å²) in [5.41, 5.74) is 8.21.